The maximum absolute atomic E-state index is 13.7. The van der Waals surface area contributed by atoms with Crippen molar-refractivity contribution in [2.75, 3.05) is 0 Å². The van der Waals surface area contributed by atoms with Gasteiger partial charge in [-0.25, -0.2) is 9.18 Å². The normalized spacial score (nSPS) is 10.7. The Morgan fingerprint density at radius 1 is 1.05 bits per heavy atom. The molecule has 0 unspecified atom stereocenters. The van der Waals surface area contributed by atoms with Gasteiger partial charge in [-0.15, -0.1) is 11.3 Å². The molecule has 0 fully saturated rings. The third kappa shape index (κ3) is 2.42. The fraction of sp³-hybridized carbons (Fsp3) is 0.0625. The highest BCUT2D eigenvalue weighted by Crippen LogP contribution is 2.23. The molecule has 1 heterocycles. The van der Waals surface area contributed by atoms with Gasteiger partial charge < -0.3 is 4.74 Å². The van der Waals surface area contributed by atoms with Gasteiger partial charge in [0.25, 0.3) is 0 Å². The number of fused-ring (bicyclic) bond motifs is 1. The number of hydrogen-bond acceptors (Lipinski definition) is 3. The molecular weight excluding hydrogens is 275 g/mol. The van der Waals surface area contributed by atoms with Crippen molar-refractivity contribution in [3.8, 4) is 0 Å². The van der Waals surface area contributed by atoms with Crippen LogP contribution in [0.3, 0.4) is 0 Å². The van der Waals surface area contributed by atoms with Crippen LogP contribution in [0.4, 0.5) is 4.39 Å². The number of thiophene rings is 1. The van der Waals surface area contributed by atoms with E-state index in [0.717, 1.165) is 4.88 Å². The molecule has 100 valence electrons. The molecule has 3 aromatic rings. The fourth-order valence-electron chi connectivity index (χ4n) is 2.05. The van der Waals surface area contributed by atoms with Gasteiger partial charge in [-0.2, -0.15) is 0 Å². The van der Waals surface area contributed by atoms with Gasteiger partial charge in [-0.05, 0) is 29.0 Å². The lowest BCUT2D eigenvalue weighted by Crippen LogP contribution is -2.05. The molecule has 0 aliphatic rings. The number of ether oxygens (including phenoxy) is 1. The number of rotatable bonds is 3. The van der Waals surface area contributed by atoms with Gasteiger partial charge in [0.2, 0.25) is 0 Å². The first kappa shape index (κ1) is 12.8. The summed E-state index contributed by atoms with van der Waals surface area (Å²) in [4.78, 5) is 13.1. The molecule has 0 saturated heterocycles. The number of carbonyl (C=O) groups excluding carboxylic acids is 1. The lowest BCUT2D eigenvalue weighted by atomic mass is 10.0. The summed E-state index contributed by atoms with van der Waals surface area (Å²) in [5, 5.41) is 2.93. The smallest absolute Gasteiger partial charge is 0.339 e. The first-order chi connectivity index (χ1) is 9.75. The zero-order chi connectivity index (χ0) is 13.9. The molecule has 0 bridgehead atoms. The maximum atomic E-state index is 13.7. The lowest BCUT2D eigenvalue weighted by Gasteiger charge is -2.07. The molecule has 3 rings (SSSR count). The van der Waals surface area contributed by atoms with E-state index in [2.05, 4.69) is 0 Å². The molecule has 0 amide bonds. The summed E-state index contributed by atoms with van der Waals surface area (Å²) in [6, 6.07) is 13.5. The quantitative estimate of drug-likeness (QED) is 0.667. The van der Waals surface area contributed by atoms with Gasteiger partial charge in [-0.1, -0.05) is 30.3 Å². The Kier molecular flexibility index (Phi) is 3.48. The minimum Gasteiger partial charge on any atom is -0.456 e. The molecule has 0 spiro atoms. The second kappa shape index (κ2) is 5.43. The van der Waals surface area contributed by atoms with E-state index in [1.807, 2.05) is 17.5 Å². The van der Waals surface area contributed by atoms with Gasteiger partial charge in [0, 0.05) is 10.3 Å². The number of carbonyl (C=O) groups is 1. The van der Waals surface area contributed by atoms with Crippen LogP contribution in [-0.4, -0.2) is 5.97 Å². The van der Waals surface area contributed by atoms with Crippen molar-refractivity contribution in [3.63, 3.8) is 0 Å². The van der Waals surface area contributed by atoms with Crippen molar-refractivity contribution in [1.82, 2.24) is 0 Å². The van der Waals surface area contributed by atoms with Crippen LogP contribution in [0.5, 0.6) is 0 Å². The predicted octanol–water partition coefficient (Wildman–Crippen LogP) is 4.40. The Hall–Kier alpha value is -2.20. The zero-order valence-electron chi connectivity index (χ0n) is 10.5. The van der Waals surface area contributed by atoms with Crippen molar-refractivity contribution in [3.05, 3.63) is 70.2 Å². The number of halogens is 1. The predicted molar refractivity (Wildman–Crippen MR) is 77.3 cm³/mol. The van der Waals surface area contributed by atoms with Crippen molar-refractivity contribution in [2.24, 2.45) is 0 Å². The summed E-state index contributed by atoms with van der Waals surface area (Å²) in [6.45, 7) is 0.238. The SMILES string of the molecule is O=C(OCc1cccs1)c1ccc(F)c2ccccc12. The molecule has 0 aliphatic heterocycles. The highest BCUT2D eigenvalue weighted by Gasteiger charge is 2.13. The van der Waals surface area contributed by atoms with Gasteiger partial charge in [0.15, 0.2) is 0 Å². The van der Waals surface area contributed by atoms with Crippen molar-refractivity contribution in [2.45, 2.75) is 6.61 Å². The molecule has 20 heavy (non-hydrogen) atoms. The van der Waals surface area contributed by atoms with Crippen LogP contribution in [0.1, 0.15) is 15.2 Å². The van der Waals surface area contributed by atoms with Crippen molar-refractivity contribution in [1.29, 1.82) is 0 Å². The van der Waals surface area contributed by atoms with Crippen molar-refractivity contribution < 1.29 is 13.9 Å². The topological polar surface area (TPSA) is 26.3 Å². The summed E-state index contributed by atoms with van der Waals surface area (Å²) in [5.41, 5.74) is 0.388. The largest absolute Gasteiger partial charge is 0.456 e. The monoisotopic (exact) mass is 286 g/mol. The minimum atomic E-state index is -0.436. The van der Waals surface area contributed by atoms with E-state index in [4.69, 9.17) is 4.74 Å². The van der Waals surface area contributed by atoms with E-state index in [1.54, 1.807) is 24.3 Å². The molecule has 1 aromatic heterocycles. The third-order valence-corrected chi connectivity index (χ3v) is 3.87. The second-order valence-electron chi connectivity index (χ2n) is 4.30. The average molecular weight is 286 g/mol. The number of hydrogen-bond donors (Lipinski definition) is 0. The summed E-state index contributed by atoms with van der Waals surface area (Å²) >= 11 is 1.53. The highest BCUT2D eigenvalue weighted by molar-refractivity contribution is 7.09. The van der Waals surface area contributed by atoms with E-state index in [0.29, 0.717) is 16.3 Å². The van der Waals surface area contributed by atoms with Crippen LogP contribution in [0, 0.1) is 5.82 Å². The second-order valence-corrected chi connectivity index (χ2v) is 5.33. The van der Waals surface area contributed by atoms with Gasteiger partial charge in [-0.3, -0.25) is 0 Å². The van der Waals surface area contributed by atoms with Crippen LogP contribution in [0.15, 0.2) is 53.9 Å². The fourth-order valence-corrected chi connectivity index (χ4v) is 2.67. The van der Waals surface area contributed by atoms with Crippen LogP contribution in [0.2, 0.25) is 0 Å². The zero-order valence-corrected chi connectivity index (χ0v) is 11.3. The minimum absolute atomic E-state index is 0.238. The van der Waals surface area contributed by atoms with Gasteiger partial charge in [0.1, 0.15) is 12.4 Å². The van der Waals surface area contributed by atoms with E-state index in [9.17, 15) is 9.18 Å². The molecule has 2 nitrogen and oxygen atoms in total. The average Bonchev–Trinajstić information content (AvgIpc) is 2.99. The summed E-state index contributed by atoms with van der Waals surface area (Å²) < 4.78 is 19.0. The summed E-state index contributed by atoms with van der Waals surface area (Å²) in [5.74, 6) is -0.773. The summed E-state index contributed by atoms with van der Waals surface area (Å²) in [6.07, 6.45) is 0. The van der Waals surface area contributed by atoms with Crippen molar-refractivity contribution >= 4 is 28.1 Å². The molecule has 0 aliphatic carbocycles. The lowest BCUT2D eigenvalue weighted by molar-refractivity contribution is 0.0479. The molecule has 0 saturated carbocycles. The molecule has 0 radical (unpaired) electrons. The Labute approximate surface area is 119 Å². The number of benzene rings is 2. The Balaban J connectivity index is 1.90. The first-order valence-corrected chi connectivity index (χ1v) is 7.00. The van der Waals surface area contributed by atoms with E-state index < -0.39 is 5.97 Å². The van der Waals surface area contributed by atoms with Gasteiger partial charge in [0.05, 0.1) is 5.56 Å². The first-order valence-electron chi connectivity index (χ1n) is 6.12. The Bertz CT molecular complexity index is 750. The van der Waals surface area contributed by atoms with Gasteiger partial charge >= 0.3 is 5.97 Å². The van der Waals surface area contributed by atoms with Crippen LogP contribution in [0.25, 0.3) is 10.8 Å². The molecule has 4 heteroatoms. The Morgan fingerprint density at radius 2 is 1.85 bits per heavy atom. The number of esters is 1. The van der Waals surface area contributed by atoms with E-state index in [-0.39, 0.29) is 12.4 Å². The van der Waals surface area contributed by atoms with Crippen LogP contribution in [-0.2, 0) is 11.3 Å². The maximum Gasteiger partial charge on any atom is 0.339 e. The molecule has 0 N–H and O–H groups in total. The molecule has 0 atom stereocenters. The van der Waals surface area contributed by atoms with Crippen LogP contribution < -0.4 is 0 Å². The van der Waals surface area contributed by atoms with E-state index in [1.165, 1.54) is 23.5 Å². The standard InChI is InChI=1S/C16H11FO2S/c17-15-8-7-14(12-5-1-2-6-13(12)15)16(18)19-10-11-4-3-9-20-11/h1-9H,10H2. The van der Waals surface area contributed by atoms with E-state index >= 15 is 0 Å². The Morgan fingerprint density at radius 3 is 2.60 bits per heavy atom. The van der Waals surface area contributed by atoms with Crippen LogP contribution >= 0.6 is 11.3 Å². The summed E-state index contributed by atoms with van der Waals surface area (Å²) in [7, 11) is 0. The molecule has 2 aromatic carbocycles. The third-order valence-electron chi connectivity index (χ3n) is 3.02. The molecular formula is C16H11FO2S. The highest BCUT2D eigenvalue weighted by atomic mass is 32.1.